The van der Waals surface area contributed by atoms with Crippen molar-refractivity contribution in [3.8, 4) is 0 Å². The number of rotatable bonds is 2. The minimum absolute atomic E-state index is 0.0372. The van der Waals surface area contributed by atoms with Gasteiger partial charge in [0.25, 0.3) is 9.70 Å². The second-order valence-electron chi connectivity index (χ2n) is 3.29. The lowest BCUT2D eigenvalue weighted by Crippen LogP contribution is -2.27. The highest BCUT2D eigenvalue weighted by Gasteiger charge is 2.30. The maximum atomic E-state index is 11.4. The molecule has 7 heteroatoms. The number of aryl methyl sites for hydroxylation is 1. The van der Waals surface area contributed by atoms with Crippen LogP contribution < -0.4 is 5.32 Å². The van der Waals surface area contributed by atoms with E-state index in [1.807, 2.05) is 0 Å². The van der Waals surface area contributed by atoms with E-state index in [1.165, 1.54) is 12.1 Å². The Morgan fingerprint density at radius 3 is 2.35 bits per heavy atom. The second-order valence-corrected chi connectivity index (χ2v) is 5.57. The van der Waals surface area contributed by atoms with Crippen LogP contribution in [0.3, 0.4) is 0 Å². The number of halogens is 3. The molecule has 0 saturated carbocycles. The van der Waals surface area contributed by atoms with E-state index >= 15 is 0 Å². The number of anilines is 1. The number of carbonyl (C=O) groups is 2. The molecule has 0 aliphatic rings. The van der Waals surface area contributed by atoms with Crippen LogP contribution in [0.25, 0.3) is 0 Å². The number of amides is 1. The van der Waals surface area contributed by atoms with E-state index in [0.717, 1.165) is 0 Å². The molecule has 0 aliphatic carbocycles. The highest BCUT2D eigenvalue weighted by Crippen LogP contribution is 2.28. The molecule has 0 radical (unpaired) electrons. The third kappa shape index (κ3) is 3.77. The third-order valence-electron chi connectivity index (χ3n) is 1.99. The zero-order chi connectivity index (χ0) is 13.2. The van der Waals surface area contributed by atoms with Gasteiger partial charge in [-0.1, -0.05) is 40.9 Å². The second kappa shape index (κ2) is 5.12. The van der Waals surface area contributed by atoms with E-state index in [0.29, 0.717) is 11.3 Å². The van der Waals surface area contributed by atoms with Crippen LogP contribution in [0.1, 0.15) is 15.9 Å². The van der Waals surface area contributed by atoms with Gasteiger partial charge in [-0.15, -0.1) is 0 Å². The van der Waals surface area contributed by atoms with Gasteiger partial charge in [-0.3, -0.25) is 4.79 Å². The Bertz CT molecular complexity index is 468. The highest BCUT2D eigenvalue weighted by molar-refractivity contribution is 6.76. The lowest BCUT2D eigenvalue weighted by atomic mass is 10.1. The summed E-state index contributed by atoms with van der Waals surface area (Å²) in [5.41, 5.74) is 0.994. The molecular formula is C10H8Cl3NO3. The smallest absolute Gasteiger partial charge is 0.335 e. The van der Waals surface area contributed by atoms with E-state index in [-0.39, 0.29) is 5.56 Å². The largest absolute Gasteiger partial charge is 0.478 e. The zero-order valence-corrected chi connectivity index (χ0v) is 10.9. The van der Waals surface area contributed by atoms with Crippen LogP contribution in [0.5, 0.6) is 0 Å². The molecule has 0 atom stereocenters. The Kier molecular flexibility index (Phi) is 4.25. The fourth-order valence-electron chi connectivity index (χ4n) is 1.08. The van der Waals surface area contributed by atoms with E-state index in [1.54, 1.807) is 13.0 Å². The van der Waals surface area contributed by atoms with Gasteiger partial charge in [-0.05, 0) is 24.6 Å². The first kappa shape index (κ1) is 14.1. The molecular weight excluding hydrogens is 288 g/mol. The van der Waals surface area contributed by atoms with Crippen molar-refractivity contribution in [3.63, 3.8) is 0 Å². The van der Waals surface area contributed by atoms with Gasteiger partial charge >= 0.3 is 5.97 Å². The Labute approximate surface area is 112 Å². The molecule has 92 valence electrons. The molecule has 17 heavy (non-hydrogen) atoms. The number of carbonyl (C=O) groups excluding carboxylic acids is 1. The monoisotopic (exact) mass is 295 g/mol. The molecule has 1 rings (SSSR count). The number of hydrogen-bond donors (Lipinski definition) is 2. The number of alkyl halides is 3. The summed E-state index contributed by atoms with van der Waals surface area (Å²) in [6, 6.07) is 4.27. The van der Waals surface area contributed by atoms with Gasteiger partial charge in [0.2, 0.25) is 0 Å². The van der Waals surface area contributed by atoms with Gasteiger partial charge in [0.05, 0.1) is 5.56 Å². The number of aromatic carboxylic acids is 1. The van der Waals surface area contributed by atoms with Crippen molar-refractivity contribution in [2.75, 3.05) is 5.32 Å². The molecule has 0 aliphatic heterocycles. The number of carboxylic acid groups (broad SMARTS) is 1. The summed E-state index contributed by atoms with van der Waals surface area (Å²) >= 11 is 16.2. The molecule has 0 unspecified atom stereocenters. The summed E-state index contributed by atoms with van der Waals surface area (Å²) in [5.74, 6) is -1.94. The van der Waals surface area contributed by atoms with E-state index in [9.17, 15) is 9.59 Å². The normalized spacial score (nSPS) is 11.1. The summed E-state index contributed by atoms with van der Waals surface area (Å²) in [5, 5.41) is 11.2. The molecule has 0 bridgehead atoms. The average molecular weight is 297 g/mol. The minimum atomic E-state index is -2.09. The van der Waals surface area contributed by atoms with Crippen molar-refractivity contribution in [2.45, 2.75) is 10.7 Å². The average Bonchev–Trinajstić information content (AvgIpc) is 2.19. The number of hydrogen-bond acceptors (Lipinski definition) is 2. The first-order valence-electron chi connectivity index (χ1n) is 4.44. The maximum Gasteiger partial charge on any atom is 0.335 e. The van der Waals surface area contributed by atoms with Crippen LogP contribution in [0.15, 0.2) is 18.2 Å². The van der Waals surface area contributed by atoms with Gasteiger partial charge in [0.15, 0.2) is 0 Å². The predicted molar refractivity (Wildman–Crippen MR) is 67.1 cm³/mol. The Balaban J connectivity index is 3.02. The molecule has 0 fully saturated rings. The first-order valence-corrected chi connectivity index (χ1v) is 5.57. The molecule has 0 aromatic heterocycles. The summed E-state index contributed by atoms with van der Waals surface area (Å²) in [7, 11) is 0. The van der Waals surface area contributed by atoms with Gasteiger partial charge in [0.1, 0.15) is 0 Å². The summed E-state index contributed by atoms with van der Waals surface area (Å²) in [4.78, 5) is 22.2. The quantitative estimate of drug-likeness (QED) is 0.824. The third-order valence-corrected chi connectivity index (χ3v) is 2.51. The lowest BCUT2D eigenvalue weighted by Gasteiger charge is -2.13. The van der Waals surface area contributed by atoms with Crippen molar-refractivity contribution >= 4 is 52.4 Å². The Hall–Kier alpha value is -0.970. The number of nitrogens with one attached hydrogen (secondary N) is 1. The van der Waals surface area contributed by atoms with Crippen LogP contribution in [-0.4, -0.2) is 20.8 Å². The van der Waals surface area contributed by atoms with E-state index in [4.69, 9.17) is 39.9 Å². The fourth-order valence-corrected chi connectivity index (χ4v) is 1.22. The first-order chi connectivity index (χ1) is 7.71. The minimum Gasteiger partial charge on any atom is -0.478 e. The van der Waals surface area contributed by atoms with Crippen molar-refractivity contribution in [2.24, 2.45) is 0 Å². The molecule has 0 saturated heterocycles. The van der Waals surface area contributed by atoms with Crippen molar-refractivity contribution < 1.29 is 14.7 Å². The SMILES string of the molecule is Cc1ccc(C(=O)O)cc1NC(=O)C(Cl)(Cl)Cl. The van der Waals surface area contributed by atoms with Crippen molar-refractivity contribution in [1.29, 1.82) is 0 Å². The lowest BCUT2D eigenvalue weighted by molar-refractivity contribution is -0.115. The zero-order valence-electron chi connectivity index (χ0n) is 8.63. The van der Waals surface area contributed by atoms with Crippen molar-refractivity contribution in [3.05, 3.63) is 29.3 Å². The Morgan fingerprint density at radius 1 is 1.29 bits per heavy atom. The highest BCUT2D eigenvalue weighted by atomic mass is 35.6. The van der Waals surface area contributed by atoms with Crippen LogP contribution in [0.4, 0.5) is 5.69 Å². The van der Waals surface area contributed by atoms with Crippen LogP contribution in [0.2, 0.25) is 0 Å². The standard InChI is InChI=1S/C10H8Cl3NO3/c1-5-2-3-6(8(15)16)4-7(5)14-9(17)10(11,12)13/h2-4H,1H3,(H,14,17)(H,15,16). The molecule has 1 aromatic carbocycles. The van der Waals surface area contributed by atoms with E-state index in [2.05, 4.69) is 5.32 Å². The molecule has 0 spiro atoms. The van der Waals surface area contributed by atoms with Gasteiger partial charge < -0.3 is 10.4 Å². The van der Waals surface area contributed by atoms with Crippen LogP contribution in [-0.2, 0) is 4.79 Å². The molecule has 0 heterocycles. The van der Waals surface area contributed by atoms with Gasteiger partial charge in [0, 0.05) is 5.69 Å². The van der Waals surface area contributed by atoms with Crippen molar-refractivity contribution in [1.82, 2.24) is 0 Å². The fraction of sp³-hybridized carbons (Fsp3) is 0.200. The van der Waals surface area contributed by atoms with E-state index < -0.39 is 15.7 Å². The molecule has 4 nitrogen and oxygen atoms in total. The predicted octanol–water partition coefficient (Wildman–Crippen LogP) is 3.00. The van der Waals surface area contributed by atoms with Gasteiger partial charge in [-0.25, -0.2) is 4.79 Å². The summed E-state index contributed by atoms with van der Waals surface area (Å²) in [6.07, 6.45) is 0. The number of benzene rings is 1. The summed E-state index contributed by atoms with van der Waals surface area (Å²) in [6.45, 7) is 1.69. The molecule has 2 N–H and O–H groups in total. The van der Waals surface area contributed by atoms with Crippen LogP contribution >= 0.6 is 34.8 Å². The topological polar surface area (TPSA) is 66.4 Å². The summed E-state index contributed by atoms with van der Waals surface area (Å²) < 4.78 is -2.09. The molecule has 1 aromatic rings. The van der Waals surface area contributed by atoms with Crippen LogP contribution in [0, 0.1) is 6.92 Å². The van der Waals surface area contributed by atoms with Gasteiger partial charge in [-0.2, -0.15) is 0 Å². The maximum absolute atomic E-state index is 11.4. The Morgan fingerprint density at radius 2 is 1.88 bits per heavy atom. The number of carboxylic acids is 1. The molecule has 1 amide bonds.